The number of rotatable bonds is 5. The van der Waals surface area contributed by atoms with Crippen molar-refractivity contribution in [2.45, 2.75) is 44.4 Å². The van der Waals surface area contributed by atoms with Gasteiger partial charge in [0.2, 0.25) is 10.0 Å². The average molecular weight is 448 g/mol. The highest BCUT2D eigenvalue weighted by Crippen LogP contribution is 2.39. The van der Waals surface area contributed by atoms with E-state index in [1.165, 1.54) is 12.1 Å². The molecule has 0 fully saturated rings. The first kappa shape index (κ1) is 21.5. The summed E-state index contributed by atoms with van der Waals surface area (Å²) < 4.78 is 67.4. The number of alkyl halides is 3. The molecule has 7 nitrogen and oxygen atoms in total. The van der Waals surface area contributed by atoms with E-state index in [0.29, 0.717) is 21.0 Å². The molecule has 0 radical (unpaired) electrons. The lowest BCUT2D eigenvalue weighted by Gasteiger charge is -2.26. The van der Waals surface area contributed by atoms with Crippen molar-refractivity contribution in [2.75, 3.05) is 12.3 Å². The number of nitrogen functional groups attached to an aromatic ring is 1. The number of nitrogens with one attached hydrogen (secondary N) is 1. The molecule has 1 aliphatic heterocycles. The Labute approximate surface area is 169 Å². The molecule has 29 heavy (non-hydrogen) atoms. The van der Waals surface area contributed by atoms with Crippen LogP contribution in [0.25, 0.3) is 10.4 Å². The third-order valence-electron chi connectivity index (χ3n) is 4.64. The minimum absolute atomic E-state index is 0.0602. The molecular formula is C17H19F3N4O3S2. The number of anilines is 1. The summed E-state index contributed by atoms with van der Waals surface area (Å²) in [6.07, 6.45) is -4.63. The van der Waals surface area contributed by atoms with Gasteiger partial charge in [0, 0.05) is 13.1 Å². The molecule has 0 bridgehead atoms. The van der Waals surface area contributed by atoms with Crippen molar-refractivity contribution >= 4 is 32.4 Å². The third-order valence-corrected chi connectivity index (χ3v) is 7.25. The maximum absolute atomic E-state index is 13.2. The predicted molar refractivity (Wildman–Crippen MR) is 103 cm³/mol. The number of nitrogens with zero attached hydrogens (tertiary/aromatic N) is 2. The van der Waals surface area contributed by atoms with Crippen LogP contribution in [-0.2, 0) is 16.6 Å². The smallest absolute Gasteiger partial charge is 0.375 e. The summed E-state index contributed by atoms with van der Waals surface area (Å²) >= 11 is 1.13. The topological polar surface area (TPSA) is 105 Å². The molecule has 3 rings (SSSR count). The van der Waals surface area contributed by atoms with Gasteiger partial charge in [-0.05, 0) is 37.1 Å². The van der Waals surface area contributed by atoms with Crippen molar-refractivity contribution in [1.82, 2.24) is 14.6 Å². The first-order valence-electron chi connectivity index (χ1n) is 8.64. The van der Waals surface area contributed by atoms with Crippen LogP contribution < -0.4 is 10.5 Å². The van der Waals surface area contributed by atoms with E-state index < -0.39 is 28.1 Å². The number of carbonyl (C=O) groups is 1. The van der Waals surface area contributed by atoms with Crippen LogP contribution in [0.15, 0.2) is 17.0 Å². The number of aryl methyl sites for hydroxylation is 1. The molecule has 12 heteroatoms. The molecule has 3 N–H and O–H groups in total. The fourth-order valence-corrected chi connectivity index (χ4v) is 5.35. The Bertz CT molecular complexity index is 1080. The van der Waals surface area contributed by atoms with Crippen LogP contribution in [0.4, 0.5) is 18.3 Å². The standard InChI is InChI=1S/C17H19F3N4O3S2/c1-4-22-29(26,27)12-6-10(14-8(2)23-16(21)28-14)5-11-7-24(15(25)13(11)12)9(3)17(18,19)20/h5-6,9,22H,4,7H2,1-3H3,(H2,21,23). The van der Waals surface area contributed by atoms with Crippen LogP contribution in [0.1, 0.15) is 35.5 Å². The Morgan fingerprint density at radius 2 is 2.03 bits per heavy atom. The lowest BCUT2D eigenvalue weighted by atomic mass is 10.0. The first-order valence-corrected chi connectivity index (χ1v) is 10.9. The Balaban J connectivity index is 2.22. The minimum Gasteiger partial charge on any atom is -0.375 e. The van der Waals surface area contributed by atoms with Gasteiger partial charge in [0.05, 0.1) is 21.0 Å². The molecular weight excluding hydrogens is 429 g/mol. The summed E-state index contributed by atoms with van der Waals surface area (Å²) in [4.78, 5) is 17.8. The summed E-state index contributed by atoms with van der Waals surface area (Å²) in [5, 5.41) is 0.275. The van der Waals surface area contributed by atoms with E-state index in [2.05, 4.69) is 9.71 Å². The number of aromatic nitrogens is 1. The van der Waals surface area contributed by atoms with Crippen LogP contribution in [0.5, 0.6) is 0 Å². The lowest BCUT2D eigenvalue weighted by molar-refractivity contribution is -0.172. The van der Waals surface area contributed by atoms with Gasteiger partial charge in [0.1, 0.15) is 6.04 Å². The molecule has 1 atom stereocenters. The number of carbonyl (C=O) groups excluding carboxylic acids is 1. The second-order valence-electron chi connectivity index (χ2n) is 6.63. The van der Waals surface area contributed by atoms with E-state index in [-0.39, 0.29) is 34.2 Å². The SMILES string of the molecule is CCNS(=O)(=O)c1cc(-c2sc(N)nc2C)cc2c1C(=O)N(C(C)C(F)(F)F)C2. The number of halogens is 3. The Kier molecular flexibility index (Phi) is 5.39. The van der Waals surface area contributed by atoms with Crippen LogP contribution in [0, 0.1) is 6.92 Å². The zero-order valence-electron chi connectivity index (χ0n) is 15.8. The number of thiazole rings is 1. The monoisotopic (exact) mass is 448 g/mol. The summed E-state index contributed by atoms with van der Waals surface area (Å²) in [5.41, 5.74) is 6.69. The number of nitrogens with two attached hydrogens (primary N) is 1. The van der Waals surface area contributed by atoms with Crippen molar-refractivity contribution in [3.05, 3.63) is 29.0 Å². The molecule has 2 heterocycles. The van der Waals surface area contributed by atoms with Gasteiger partial charge in [-0.3, -0.25) is 4.79 Å². The van der Waals surface area contributed by atoms with Crippen LogP contribution in [0.2, 0.25) is 0 Å². The van der Waals surface area contributed by atoms with Crippen LogP contribution >= 0.6 is 11.3 Å². The van der Waals surface area contributed by atoms with Gasteiger partial charge in [-0.15, -0.1) is 0 Å². The normalized spacial score (nSPS) is 15.7. The maximum atomic E-state index is 13.2. The van der Waals surface area contributed by atoms with Crippen molar-refractivity contribution in [1.29, 1.82) is 0 Å². The van der Waals surface area contributed by atoms with Gasteiger partial charge in [0.15, 0.2) is 5.13 Å². The molecule has 0 spiro atoms. The minimum atomic E-state index is -4.63. The highest BCUT2D eigenvalue weighted by atomic mass is 32.2. The van der Waals surface area contributed by atoms with E-state index in [1.807, 2.05) is 0 Å². The molecule has 0 saturated carbocycles. The summed E-state index contributed by atoms with van der Waals surface area (Å²) in [5.74, 6) is -0.964. The van der Waals surface area contributed by atoms with E-state index in [4.69, 9.17) is 5.73 Å². The molecule has 1 aliphatic rings. The zero-order valence-corrected chi connectivity index (χ0v) is 17.4. The van der Waals surface area contributed by atoms with Crippen LogP contribution in [0.3, 0.4) is 0 Å². The van der Waals surface area contributed by atoms with Crippen molar-refractivity contribution in [3.63, 3.8) is 0 Å². The third kappa shape index (κ3) is 3.83. The fourth-order valence-electron chi connectivity index (χ4n) is 3.23. The Hall–Kier alpha value is -2.18. The molecule has 0 saturated heterocycles. The highest BCUT2D eigenvalue weighted by Gasteiger charge is 2.46. The summed E-state index contributed by atoms with van der Waals surface area (Å²) in [7, 11) is -4.12. The second-order valence-corrected chi connectivity index (χ2v) is 9.39. The number of fused-ring (bicyclic) bond motifs is 1. The predicted octanol–water partition coefficient (Wildman–Crippen LogP) is 2.91. The molecule has 1 amide bonds. The van der Waals surface area contributed by atoms with E-state index in [9.17, 15) is 26.4 Å². The van der Waals surface area contributed by atoms with Crippen molar-refractivity contribution in [3.8, 4) is 10.4 Å². The molecule has 1 aromatic carbocycles. The largest absolute Gasteiger partial charge is 0.408 e. The molecule has 2 aromatic rings. The summed E-state index contributed by atoms with van der Waals surface area (Å²) in [6, 6.07) is 0.763. The maximum Gasteiger partial charge on any atom is 0.408 e. The Morgan fingerprint density at radius 1 is 1.38 bits per heavy atom. The highest BCUT2D eigenvalue weighted by molar-refractivity contribution is 7.89. The van der Waals surface area contributed by atoms with Gasteiger partial charge >= 0.3 is 6.18 Å². The van der Waals surface area contributed by atoms with Gasteiger partial charge in [-0.2, -0.15) is 13.2 Å². The summed E-state index contributed by atoms with van der Waals surface area (Å²) in [6.45, 7) is 3.85. The zero-order chi connectivity index (χ0) is 21.7. The number of sulfonamides is 1. The van der Waals surface area contributed by atoms with E-state index in [0.717, 1.165) is 18.3 Å². The van der Waals surface area contributed by atoms with Gasteiger partial charge in [-0.1, -0.05) is 18.3 Å². The number of amides is 1. The van der Waals surface area contributed by atoms with Gasteiger partial charge in [0.25, 0.3) is 5.91 Å². The van der Waals surface area contributed by atoms with Crippen LogP contribution in [-0.4, -0.2) is 43.0 Å². The molecule has 0 aliphatic carbocycles. The molecule has 158 valence electrons. The van der Waals surface area contributed by atoms with Crippen molar-refractivity contribution < 1.29 is 26.4 Å². The van der Waals surface area contributed by atoms with Gasteiger partial charge in [-0.25, -0.2) is 18.1 Å². The Morgan fingerprint density at radius 3 is 2.55 bits per heavy atom. The first-order chi connectivity index (χ1) is 13.4. The lowest BCUT2D eigenvalue weighted by Crippen LogP contribution is -2.43. The number of hydrogen-bond acceptors (Lipinski definition) is 6. The van der Waals surface area contributed by atoms with Gasteiger partial charge < -0.3 is 10.6 Å². The quantitative estimate of drug-likeness (QED) is 0.732. The molecule has 1 unspecified atom stereocenters. The molecule has 1 aromatic heterocycles. The number of benzene rings is 1. The van der Waals surface area contributed by atoms with E-state index in [1.54, 1.807) is 13.8 Å². The average Bonchev–Trinajstić information content (AvgIpc) is 3.11. The van der Waals surface area contributed by atoms with E-state index >= 15 is 0 Å². The van der Waals surface area contributed by atoms with Crippen molar-refractivity contribution in [2.24, 2.45) is 0 Å². The second kappa shape index (κ2) is 7.26. The number of hydrogen-bond donors (Lipinski definition) is 2. The fraction of sp³-hybridized carbons (Fsp3) is 0.412.